The van der Waals surface area contributed by atoms with E-state index in [1.807, 2.05) is 6.20 Å². The van der Waals surface area contributed by atoms with Crippen LogP contribution >= 0.6 is 0 Å². The van der Waals surface area contributed by atoms with Crippen LogP contribution in [0.25, 0.3) is 5.57 Å². The van der Waals surface area contributed by atoms with Crippen LogP contribution in [0.15, 0.2) is 67.0 Å². The predicted molar refractivity (Wildman–Crippen MR) is 112 cm³/mol. The van der Waals surface area contributed by atoms with Gasteiger partial charge in [-0.15, -0.1) is 0 Å². The summed E-state index contributed by atoms with van der Waals surface area (Å²) in [4.78, 5) is 15.2. The number of nitrogens with one attached hydrogen (secondary N) is 1. The minimum Gasteiger partial charge on any atom is -0.508 e. The standard InChI is InChI=1S/C23H22F2N4O2/c1-28(10-11-29-9-3-8-27-29)22(31)23(17-4-2-5-19(30)12-17)14-16(15-26-23)20-13-18(24)6-7-21(20)25/h2-9,12-14,26,30H,10-11,15H2,1H3. The summed E-state index contributed by atoms with van der Waals surface area (Å²) in [6.45, 7) is 1.05. The summed E-state index contributed by atoms with van der Waals surface area (Å²) in [5.41, 5.74) is -0.253. The minimum atomic E-state index is -1.33. The van der Waals surface area contributed by atoms with Crippen LogP contribution in [0, 0.1) is 11.6 Å². The average molecular weight is 424 g/mol. The van der Waals surface area contributed by atoms with Gasteiger partial charge in [0.25, 0.3) is 5.91 Å². The molecule has 0 spiro atoms. The van der Waals surface area contributed by atoms with Crippen molar-refractivity contribution in [3.05, 3.63) is 89.8 Å². The first-order chi connectivity index (χ1) is 14.9. The number of hydrogen-bond acceptors (Lipinski definition) is 4. The van der Waals surface area contributed by atoms with Crippen molar-refractivity contribution in [1.82, 2.24) is 20.0 Å². The number of phenolic OH excluding ortho intramolecular Hbond substituents is 1. The lowest BCUT2D eigenvalue weighted by molar-refractivity contribution is -0.135. The number of hydrogen-bond donors (Lipinski definition) is 2. The predicted octanol–water partition coefficient (Wildman–Crippen LogP) is 2.91. The number of halogens is 2. The van der Waals surface area contributed by atoms with Gasteiger partial charge in [-0.1, -0.05) is 12.1 Å². The van der Waals surface area contributed by atoms with E-state index in [4.69, 9.17) is 0 Å². The Kier molecular flexibility index (Phi) is 5.56. The van der Waals surface area contributed by atoms with Gasteiger partial charge in [0.15, 0.2) is 0 Å². The van der Waals surface area contributed by atoms with Crippen molar-refractivity contribution >= 4 is 11.5 Å². The van der Waals surface area contributed by atoms with E-state index in [0.29, 0.717) is 24.2 Å². The molecule has 6 nitrogen and oxygen atoms in total. The van der Waals surface area contributed by atoms with Crippen molar-refractivity contribution in [3.8, 4) is 5.75 Å². The molecule has 0 bridgehead atoms. The van der Waals surface area contributed by atoms with E-state index in [1.165, 1.54) is 12.1 Å². The Morgan fingerprint density at radius 3 is 2.84 bits per heavy atom. The Hall–Kier alpha value is -3.52. The molecule has 2 aromatic carbocycles. The maximum atomic E-state index is 14.4. The topological polar surface area (TPSA) is 70.4 Å². The van der Waals surface area contributed by atoms with E-state index in [-0.39, 0.29) is 23.8 Å². The van der Waals surface area contributed by atoms with E-state index >= 15 is 0 Å². The Morgan fingerprint density at radius 1 is 1.26 bits per heavy atom. The fourth-order valence-corrected chi connectivity index (χ4v) is 3.80. The Bertz CT molecular complexity index is 1130. The molecule has 8 heteroatoms. The molecule has 0 saturated carbocycles. The van der Waals surface area contributed by atoms with Gasteiger partial charge in [-0.25, -0.2) is 8.78 Å². The summed E-state index contributed by atoms with van der Waals surface area (Å²) in [5.74, 6) is -1.41. The summed E-state index contributed by atoms with van der Waals surface area (Å²) < 4.78 is 29.9. The van der Waals surface area contributed by atoms with Crippen LogP contribution in [-0.2, 0) is 16.9 Å². The van der Waals surface area contributed by atoms with Crippen LogP contribution in [0.4, 0.5) is 8.78 Å². The summed E-state index contributed by atoms with van der Waals surface area (Å²) in [5, 5.41) is 17.3. The molecule has 2 heterocycles. The van der Waals surface area contributed by atoms with Gasteiger partial charge >= 0.3 is 0 Å². The third-order valence-corrected chi connectivity index (χ3v) is 5.43. The van der Waals surface area contributed by atoms with Gasteiger partial charge in [-0.3, -0.25) is 14.8 Å². The van der Waals surface area contributed by atoms with Gasteiger partial charge in [0.2, 0.25) is 0 Å². The monoisotopic (exact) mass is 424 g/mol. The molecule has 31 heavy (non-hydrogen) atoms. The van der Waals surface area contributed by atoms with Crippen molar-refractivity contribution in [2.75, 3.05) is 20.1 Å². The molecule has 1 atom stereocenters. The number of carbonyl (C=O) groups is 1. The quantitative estimate of drug-likeness (QED) is 0.639. The van der Waals surface area contributed by atoms with Gasteiger partial charge in [-0.2, -0.15) is 5.10 Å². The zero-order valence-electron chi connectivity index (χ0n) is 16.9. The number of phenols is 1. The molecule has 1 aliphatic heterocycles. The Balaban J connectivity index is 1.72. The Morgan fingerprint density at radius 2 is 2.10 bits per heavy atom. The summed E-state index contributed by atoms with van der Waals surface area (Å²) in [7, 11) is 1.67. The molecule has 1 aromatic heterocycles. The second-order valence-corrected chi connectivity index (χ2v) is 7.50. The zero-order valence-corrected chi connectivity index (χ0v) is 16.9. The summed E-state index contributed by atoms with van der Waals surface area (Å²) in [6, 6.07) is 11.4. The average Bonchev–Trinajstić information content (AvgIpc) is 3.44. The number of likely N-dealkylation sites (N-methyl/N-ethyl adjacent to an activating group) is 1. The molecular formula is C23H22F2N4O2. The molecule has 1 unspecified atom stereocenters. The van der Waals surface area contributed by atoms with Crippen molar-refractivity contribution < 1.29 is 18.7 Å². The van der Waals surface area contributed by atoms with E-state index in [2.05, 4.69) is 10.4 Å². The third kappa shape index (κ3) is 4.06. The van der Waals surface area contributed by atoms with Crippen LogP contribution in [0.2, 0.25) is 0 Å². The SMILES string of the molecule is CN(CCn1cccn1)C(=O)C1(c2cccc(O)c2)C=C(c2cc(F)ccc2F)CN1. The normalized spacial score (nSPS) is 18.1. The fraction of sp³-hybridized carbons (Fsp3) is 0.217. The molecule has 2 N–H and O–H groups in total. The smallest absolute Gasteiger partial charge is 0.251 e. The van der Waals surface area contributed by atoms with Gasteiger partial charge in [-0.05, 0) is 53.6 Å². The maximum Gasteiger partial charge on any atom is 0.251 e. The number of rotatable bonds is 6. The number of nitrogens with zero attached hydrogens (tertiary/aromatic N) is 3. The lowest BCUT2D eigenvalue weighted by Crippen LogP contribution is -2.52. The highest BCUT2D eigenvalue weighted by Gasteiger charge is 2.44. The number of aromatic nitrogens is 2. The van der Waals surface area contributed by atoms with E-state index in [1.54, 1.807) is 47.1 Å². The van der Waals surface area contributed by atoms with Gasteiger partial charge in [0, 0.05) is 38.1 Å². The van der Waals surface area contributed by atoms with Crippen LogP contribution in [0.3, 0.4) is 0 Å². The van der Waals surface area contributed by atoms with Gasteiger partial charge in [0.1, 0.15) is 22.9 Å². The molecule has 0 radical (unpaired) electrons. The molecule has 1 amide bonds. The first-order valence-electron chi connectivity index (χ1n) is 9.84. The summed E-state index contributed by atoms with van der Waals surface area (Å²) >= 11 is 0. The van der Waals surface area contributed by atoms with Crippen molar-refractivity contribution in [3.63, 3.8) is 0 Å². The highest BCUT2D eigenvalue weighted by atomic mass is 19.1. The number of benzene rings is 2. The van der Waals surface area contributed by atoms with E-state index < -0.39 is 17.2 Å². The molecule has 4 rings (SSSR count). The molecule has 1 aliphatic rings. The van der Waals surface area contributed by atoms with Gasteiger partial charge in [0.05, 0.1) is 6.54 Å². The highest BCUT2D eigenvalue weighted by molar-refractivity contribution is 5.94. The van der Waals surface area contributed by atoms with E-state index in [0.717, 1.165) is 18.2 Å². The lowest BCUT2D eigenvalue weighted by atomic mass is 9.88. The molecular weight excluding hydrogens is 402 g/mol. The van der Waals surface area contributed by atoms with Crippen LogP contribution < -0.4 is 5.32 Å². The lowest BCUT2D eigenvalue weighted by Gasteiger charge is -2.32. The molecule has 0 fully saturated rings. The zero-order chi connectivity index (χ0) is 22.0. The van der Waals surface area contributed by atoms with Crippen LogP contribution in [-0.4, -0.2) is 45.8 Å². The van der Waals surface area contributed by atoms with Gasteiger partial charge < -0.3 is 10.0 Å². The van der Waals surface area contributed by atoms with Crippen molar-refractivity contribution in [1.29, 1.82) is 0 Å². The van der Waals surface area contributed by atoms with Crippen molar-refractivity contribution in [2.45, 2.75) is 12.1 Å². The first-order valence-corrected chi connectivity index (χ1v) is 9.84. The molecule has 160 valence electrons. The largest absolute Gasteiger partial charge is 0.508 e. The second kappa shape index (κ2) is 8.31. The van der Waals surface area contributed by atoms with Crippen LogP contribution in [0.1, 0.15) is 11.1 Å². The first kappa shape index (κ1) is 20.7. The Labute approximate surface area is 178 Å². The van der Waals surface area contributed by atoms with Crippen molar-refractivity contribution in [2.24, 2.45) is 0 Å². The number of carbonyl (C=O) groups excluding carboxylic acids is 1. The molecule has 0 aliphatic carbocycles. The molecule has 0 saturated heterocycles. The fourth-order valence-electron chi connectivity index (χ4n) is 3.80. The summed E-state index contributed by atoms with van der Waals surface area (Å²) in [6.07, 6.45) is 5.09. The van der Waals surface area contributed by atoms with E-state index in [9.17, 15) is 18.7 Å². The second-order valence-electron chi connectivity index (χ2n) is 7.50. The number of aromatic hydroxyl groups is 1. The third-order valence-electron chi connectivity index (χ3n) is 5.43. The number of amides is 1. The minimum absolute atomic E-state index is 0.00413. The van der Waals surface area contributed by atoms with Crippen LogP contribution in [0.5, 0.6) is 5.75 Å². The molecule has 3 aromatic rings. The highest BCUT2D eigenvalue weighted by Crippen LogP contribution is 2.36. The maximum absolute atomic E-state index is 14.4.